The highest BCUT2D eigenvalue weighted by Gasteiger charge is 2.31. The van der Waals surface area contributed by atoms with E-state index in [2.05, 4.69) is 5.32 Å². The summed E-state index contributed by atoms with van der Waals surface area (Å²) in [6.07, 6.45) is -4.07. The fourth-order valence-corrected chi connectivity index (χ4v) is 2.72. The van der Waals surface area contributed by atoms with E-state index in [-0.39, 0.29) is 5.56 Å². The van der Waals surface area contributed by atoms with Gasteiger partial charge >= 0.3 is 6.18 Å². The summed E-state index contributed by atoms with van der Waals surface area (Å²) in [5.74, 6) is -1.04. The second kappa shape index (κ2) is 5.74. The number of fused-ring (bicyclic) bond motifs is 1. The molecule has 0 spiro atoms. The molecule has 2 aromatic carbocycles. The average Bonchev–Trinajstić information content (AvgIpc) is 2.65. The Morgan fingerprint density at radius 2 is 1.79 bits per heavy atom. The Labute approximate surface area is 134 Å². The fourth-order valence-electron chi connectivity index (χ4n) is 2.72. The van der Waals surface area contributed by atoms with Crippen molar-refractivity contribution in [1.29, 1.82) is 0 Å². The van der Waals surface area contributed by atoms with Crippen molar-refractivity contribution < 1.29 is 22.7 Å². The van der Waals surface area contributed by atoms with Gasteiger partial charge in [0.2, 0.25) is 0 Å². The number of hydrogen-bond acceptors (Lipinski definition) is 3. The highest BCUT2D eigenvalue weighted by Crippen LogP contribution is 2.33. The predicted octanol–water partition coefficient (Wildman–Crippen LogP) is 1.77. The van der Waals surface area contributed by atoms with E-state index in [1.807, 2.05) is 0 Å². The summed E-state index contributed by atoms with van der Waals surface area (Å²) in [5, 5.41) is 14.1. The Balaban J connectivity index is 2.31. The second-order valence-electron chi connectivity index (χ2n) is 5.50. The number of alkyl halides is 3. The third kappa shape index (κ3) is 2.89. The molecule has 0 radical (unpaired) electrons. The molecule has 3 nitrogen and oxygen atoms in total. The quantitative estimate of drug-likeness (QED) is 0.695. The summed E-state index contributed by atoms with van der Waals surface area (Å²) in [7, 11) is 0. The van der Waals surface area contributed by atoms with Crippen LogP contribution in [0.4, 0.5) is 17.6 Å². The molecule has 0 unspecified atom stereocenters. The maximum absolute atomic E-state index is 13.7. The van der Waals surface area contributed by atoms with Gasteiger partial charge in [-0.05, 0) is 36.4 Å². The summed E-state index contributed by atoms with van der Waals surface area (Å²) in [4.78, 5) is 0. The first kappa shape index (κ1) is 16.2. The molecule has 4 N–H and O–H groups in total. The molecule has 1 heterocycles. The van der Waals surface area contributed by atoms with Gasteiger partial charge in [0.1, 0.15) is 11.6 Å². The van der Waals surface area contributed by atoms with Crippen LogP contribution in [-0.4, -0.2) is 11.7 Å². The van der Waals surface area contributed by atoms with E-state index in [0.717, 1.165) is 12.1 Å². The number of nitrogens with two attached hydrogens (primary N) is 1. The second-order valence-corrected chi connectivity index (χ2v) is 5.50. The highest BCUT2D eigenvalue weighted by atomic mass is 19.4. The monoisotopic (exact) mass is 338 g/mol. The predicted molar refractivity (Wildman–Crippen MR) is 81.5 cm³/mol. The van der Waals surface area contributed by atoms with Gasteiger partial charge in [-0.2, -0.15) is 13.2 Å². The van der Waals surface area contributed by atoms with Crippen LogP contribution in [0.3, 0.4) is 0 Å². The van der Waals surface area contributed by atoms with Crippen LogP contribution in [0.25, 0.3) is 11.4 Å². The van der Waals surface area contributed by atoms with Crippen LogP contribution in [0.15, 0.2) is 36.4 Å². The molecule has 126 valence electrons. The third-order valence-corrected chi connectivity index (χ3v) is 3.89. The van der Waals surface area contributed by atoms with Gasteiger partial charge < -0.3 is 16.2 Å². The molecular weight excluding hydrogens is 324 g/mol. The normalized spacial score (nSPS) is 14.8. The topological polar surface area (TPSA) is 58.3 Å². The highest BCUT2D eigenvalue weighted by molar-refractivity contribution is 5.70. The van der Waals surface area contributed by atoms with E-state index < -0.39 is 23.3 Å². The number of phenols is 1. The number of benzene rings is 2. The third-order valence-electron chi connectivity index (χ3n) is 3.89. The first-order chi connectivity index (χ1) is 11.3. The van der Waals surface area contributed by atoms with Crippen molar-refractivity contribution in [2.24, 2.45) is 5.73 Å². The van der Waals surface area contributed by atoms with Crippen molar-refractivity contribution in [3.8, 4) is 5.75 Å². The fraction of sp³-hybridized carbons (Fsp3) is 0.176. The Morgan fingerprint density at radius 1 is 1.04 bits per heavy atom. The van der Waals surface area contributed by atoms with E-state index in [1.54, 1.807) is 0 Å². The van der Waals surface area contributed by atoms with Gasteiger partial charge in [-0.15, -0.1) is 0 Å². The van der Waals surface area contributed by atoms with Crippen molar-refractivity contribution in [2.45, 2.75) is 12.6 Å². The summed E-state index contributed by atoms with van der Waals surface area (Å²) in [5.41, 5.74) is 6.07. The van der Waals surface area contributed by atoms with Gasteiger partial charge in [-0.25, -0.2) is 4.39 Å². The standard InChI is InChI=1S/C17H14F4N2O/c18-10-2-4-11-13(8-10)16(23-6-5-14(11)22)12-3-1-9(7-15(12)24)17(19,20)21/h1-4,7-8,23-24H,5-6,22H2. The zero-order chi connectivity index (χ0) is 17.5. The van der Waals surface area contributed by atoms with Crippen molar-refractivity contribution >= 4 is 11.4 Å². The maximum atomic E-state index is 13.7. The number of hydrogen-bond donors (Lipinski definition) is 3. The molecule has 0 atom stereocenters. The first-order valence-electron chi connectivity index (χ1n) is 7.20. The lowest BCUT2D eigenvalue weighted by atomic mass is 10.0. The Kier molecular flexibility index (Phi) is 3.87. The first-order valence-corrected chi connectivity index (χ1v) is 7.20. The van der Waals surface area contributed by atoms with Crippen LogP contribution in [-0.2, 0) is 6.18 Å². The molecule has 1 aliphatic rings. The van der Waals surface area contributed by atoms with E-state index in [1.165, 1.54) is 18.2 Å². The lowest BCUT2D eigenvalue weighted by molar-refractivity contribution is -0.137. The molecule has 24 heavy (non-hydrogen) atoms. The van der Waals surface area contributed by atoms with Crippen molar-refractivity contribution in [3.63, 3.8) is 0 Å². The minimum Gasteiger partial charge on any atom is -0.507 e. The summed E-state index contributed by atoms with van der Waals surface area (Å²) in [6, 6.07) is 6.72. The van der Waals surface area contributed by atoms with E-state index in [4.69, 9.17) is 5.73 Å². The maximum Gasteiger partial charge on any atom is 0.416 e. The number of phenolic OH excluding ortho intramolecular Hbond substituents is 1. The van der Waals surface area contributed by atoms with Crippen molar-refractivity contribution in [1.82, 2.24) is 5.32 Å². The molecule has 0 bridgehead atoms. The van der Waals surface area contributed by atoms with Gasteiger partial charge in [0.15, 0.2) is 0 Å². The zero-order valence-corrected chi connectivity index (χ0v) is 12.4. The average molecular weight is 338 g/mol. The van der Waals surface area contributed by atoms with Gasteiger partial charge in [-0.1, -0.05) is 0 Å². The lowest BCUT2D eigenvalue weighted by Crippen LogP contribution is -2.33. The Morgan fingerprint density at radius 3 is 2.46 bits per heavy atom. The van der Waals surface area contributed by atoms with E-state index in [9.17, 15) is 22.7 Å². The molecule has 1 aliphatic heterocycles. The summed E-state index contributed by atoms with van der Waals surface area (Å²) < 4.78 is 51.9. The smallest absolute Gasteiger partial charge is 0.416 e. The Bertz CT molecular complexity index is 919. The van der Waals surface area contributed by atoms with Crippen LogP contribution in [0, 0.1) is 5.82 Å². The molecule has 0 saturated carbocycles. The largest absolute Gasteiger partial charge is 0.507 e. The molecule has 0 aromatic heterocycles. The molecule has 7 heteroatoms. The van der Waals surface area contributed by atoms with Gasteiger partial charge in [-0.3, -0.25) is 0 Å². The molecule has 2 aromatic rings. The summed E-state index contributed by atoms with van der Waals surface area (Å²) in [6.45, 7) is 0.415. The van der Waals surface area contributed by atoms with Crippen LogP contribution in [0.2, 0.25) is 0 Å². The lowest BCUT2D eigenvalue weighted by Gasteiger charge is -2.14. The van der Waals surface area contributed by atoms with Crippen molar-refractivity contribution in [3.05, 3.63) is 63.8 Å². The van der Waals surface area contributed by atoms with Gasteiger partial charge in [0, 0.05) is 34.7 Å². The van der Waals surface area contributed by atoms with Crippen LogP contribution in [0.5, 0.6) is 5.75 Å². The Hall–Kier alpha value is -2.70. The summed E-state index contributed by atoms with van der Waals surface area (Å²) >= 11 is 0. The van der Waals surface area contributed by atoms with Crippen LogP contribution >= 0.6 is 0 Å². The van der Waals surface area contributed by atoms with Crippen molar-refractivity contribution in [2.75, 3.05) is 6.54 Å². The van der Waals surface area contributed by atoms with Gasteiger partial charge in [0.05, 0.1) is 11.3 Å². The molecular formula is C17H14F4N2O. The molecule has 0 fully saturated rings. The minimum absolute atomic E-state index is 0.157. The number of aromatic hydroxyl groups is 1. The molecule has 0 aliphatic carbocycles. The van der Waals surface area contributed by atoms with Crippen LogP contribution in [0.1, 0.15) is 17.5 Å². The number of nitrogens with one attached hydrogen (secondary N) is 1. The van der Waals surface area contributed by atoms with Gasteiger partial charge in [0.25, 0.3) is 0 Å². The molecule has 0 saturated heterocycles. The number of halogens is 4. The van der Waals surface area contributed by atoms with E-state index >= 15 is 0 Å². The number of rotatable bonds is 1. The molecule has 0 amide bonds. The molecule has 3 rings (SSSR count). The van der Waals surface area contributed by atoms with Crippen LogP contribution < -0.4 is 21.5 Å². The minimum atomic E-state index is -4.56. The zero-order valence-electron chi connectivity index (χ0n) is 12.4. The SMILES string of the molecule is NC1=c2ccc(F)cc2=C(c2ccc(C(F)(F)F)cc2O)NCC1. The van der Waals surface area contributed by atoms with E-state index in [0.29, 0.717) is 40.9 Å².